The summed E-state index contributed by atoms with van der Waals surface area (Å²) in [4.78, 5) is 13.1. The van der Waals surface area contributed by atoms with Crippen LogP contribution < -0.4 is 5.73 Å². The van der Waals surface area contributed by atoms with Crippen molar-refractivity contribution in [2.75, 3.05) is 25.4 Å². The number of benzene rings is 3. The molecule has 0 unspecified atom stereocenters. The van der Waals surface area contributed by atoms with E-state index < -0.39 is 4.92 Å². The zero-order chi connectivity index (χ0) is 21.3. The average Bonchev–Trinajstić information content (AvgIpc) is 2.77. The second-order valence-electron chi connectivity index (χ2n) is 7.55. The van der Waals surface area contributed by atoms with Crippen LogP contribution in [0.2, 0.25) is 0 Å². The predicted molar refractivity (Wildman–Crippen MR) is 124 cm³/mol. The van der Waals surface area contributed by atoms with Crippen LogP contribution in [0.4, 0.5) is 11.4 Å². The molecule has 0 saturated carbocycles. The van der Waals surface area contributed by atoms with Crippen molar-refractivity contribution in [2.45, 2.75) is 26.2 Å². The maximum absolute atomic E-state index is 11.1. The molecule has 156 valence electrons. The normalized spacial score (nSPS) is 11.0. The molecular weight excluding hydrogens is 374 g/mol. The summed E-state index contributed by atoms with van der Waals surface area (Å²) < 4.78 is 0. The molecule has 0 aromatic heterocycles. The molecule has 30 heavy (non-hydrogen) atoms. The summed E-state index contributed by atoms with van der Waals surface area (Å²) in [6.45, 7) is 5.03. The highest BCUT2D eigenvalue weighted by Crippen LogP contribution is 2.23. The number of rotatable bonds is 10. The van der Waals surface area contributed by atoms with E-state index in [9.17, 15) is 10.1 Å². The molecule has 0 saturated heterocycles. The Labute approximate surface area is 178 Å². The molecule has 0 amide bonds. The van der Waals surface area contributed by atoms with E-state index in [2.05, 4.69) is 60.4 Å². The predicted octanol–water partition coefficient (Wildman–Crippen LogP) is 5.34. The Hall–Kier alpha value is -3.18. The number of anilines is 1. The van der Waals surface area contributed by atoms with E-state index in [1.54, 1.807) is 12.1 Å². The first-order valence-corrected chi connectivity index (χ1v) is 10.5. The van der Waals surface area contributed by atoms with Gasteiger partial charge in [-0.25, -0.2) is 0 Å². The fourth-order valence-electron chi connectivity index (χ4n) is 3.62. The number of nitrogen functional groups attached to an aromatic ring is 1. The van der Waals surface area contributed by atoms with Crippen LogP contribution in [0.1, 0.15) is 24.5 Å². The van der Waals surface area contributed by atoms with Gasteiger partial charge in [0.25, 0.3) is 5.69 Å². The van der Waals surface area contributed by atoms with Crippen LogP contribution in [-0.4, -0.2) is 29.5 Å². The summed E-state index contributed by atoms with van der Waals surface area (Å²) in [5, 5.41) is 11.1. The third kappa shape index (κ3) is 5.91. The quantitative estimate of drug-likeness (QED) is 0.282. The lowest BCUT2D eigenvalue weighted by atomic mass is 10.0. The Morgan fingerprint density at radius 3 is 2.07 bits per heavy atom. The zero-order valence-electron chi connectivity index (χ0n) is 17.5. The van der Waals surface area contributed by atoms with E-state index in [1.165, 1.54) is 16.7 Å². The van der Waals surface area contributed by atoms with E-state index in [4.69, 9.17) is 5.73 Å². The first kappa shape index (κ1) is 21.5. The topological polar surface area (TPSA) is 72.4 Å². The van der Waals surface area contributed by atoms with Gasteiger partial charge in [0.15, 0.2) is 0 Å². The highest BCUT2D eigenvalue weighted by atomic mass is 16.6. The monoisotopic (exact) mass is 403 g/mol. The van der Waals surface area contributed by atoms with Crippen LogP contribution in [0.5, 0.6) is 0 Å². The summed E-state index contributed by atoms with van der Waals surface area (Å²) >= 11 is 0. The largest absolute Gasteiger partial charge is 0.393 e. The van der Waals surface area contributed by atoms with Crippen molar-refractivity contribution in [3.8, 4) is 11.1 Å². The van der Waals surface area contributed by atoms with Gasteiger partial charge >= 0.3 is 0 Å². The van der Waals surface area contributed by atoms with Crippen molar-refractivity contribution in [3.05, 3.63) is 94.0 Å². The van der Waals surface area contributed by atoms with E-state index in [-0.39, 0.29) is 11.4 Å². The van der Waals surface area contributed by atoms with Crippen molar-refractivity contribution >= 4 is 11.4 Å². The van der Waals surface area contributed by atoms with Gasteiger partial charge in [-0.05, 0) is 54.1 Å². The van der Waals surface area contributed by atoms with Gasteiger partial charge in [0.2, 0.25) is 0 Å². The molecule has 0 aliphatic heterocycles. The molecule has 5 nitrogen and oxygen atoms in total. The second kappa shape index (κ2) is 10.6. The number of nitro benzene ring substituents is 1. The molecule has 0 radical (unpaired) electrons. The average molecular weight is 404 g/mol. The molecule has 0 aliphatic carbocycles. The molecule has 0 fully saturated rings. The molecule has 5 heteroatoms. The van der Waals surface area contributed by atoms with Gasteiger partial charge in [-0.15, -0.1) is 0 Å². The van der Waals surface area contributed by atoms with E-state index in [0.717, 1.165) is 44.5 Å². The maximum atomic E-state index is 11.1. The Morgan fingerprint density at radius 1 is 0.833 bits per heavy atom. The minimum absolute atomic E-state index is 0.00644. The molecule has 3 aromatic carbocycles. The minimum Gasteiger partial charge on any atom is -0.393 e. The molecule has 0 atom stereocenters. The number of nitro groups is 1. The molecule has 0 heterocycles. The molecule has 0 bridgehead atoms. The summed E-state index contributed by atoms with van der Waals surface area (Å²) in [5.41, 5.74) is 10.6. The van der Waals surface area contributed by atoms with Crippen molar-refractivity contribution < 1.29 is 4.92 Å². The number of nitrogens with zero attached hydrogens (tertiary/aromatic N) is 2. The molecule has 0 aliphatic rings. The summed E-state index contributed by atoms with van der Waals surface area (Å²) in [5.74, 6) is 0. The lowest BCUT2D eigenvalue weighted by molar-refractivity contribution is -0.384. The van der Waals surface area contributed by atoms with E-state index in [1.807, 2.05) is 12.1 Å². The lowest BCUT2D eigenvalue weighted by Gasteiger charge is -2.22. The Balaban J connectivity index is 1.57. The van der Waals surface area contributed by atoms with E-state index >= 15 is 0 Å². The third-order valence-electron chi connectivity index (χ3n) is 5.33. The Bertz CT molecular complexity index is 956. The number of nitrogens with two attached hydrogens (primary N) is 1. The van der Waals surface area contributed by atoms with Gasteiger partial charge in [-0.2, -0.15) is 0 Å². The maximum Gasteiger partial charge on any atom is 0.292 e. The van der Waals surface area contributed by atoms with Crippen LogP contribution in [0.3, 0.4) is 0 Å². The standard InChI is InChI=1S/C25H29N3O2/c1-2-16-27(18-15-21-10-13-24(26)25(19-21)28(29)30)17-14-20-8-11-23(12-9-20)22-6-4-3-5-7-22/h3-13,19H,2,14-18,26H2,1H3. The fourth-order valence-corrected chi connectivity index (χ4v) is 3.62. The Morgan fingerprint density at radius 2 is 1.43 bits per heavy atom. The summed E-state index contributed by atoms with van der Waals surface area (Å²) in [6, 6.07) is 24.3. The van der Waals surface area contributed by atoms with Gasteiger partial charge in [0.05, 0.1) is 4.92 Å². The first-order chi connectivity index (χ1) is 14.6. The van der Waals surface area contributed by atoms with Crippen LogP contribution in [0.15, 0.2) is 72.8 Å². The minimum atomic E-state index is -0.415. The van der Waals surface area contributed by atoms with Crippen molar-refractivity contribution in [1.82, 2.24) is 4.90 Å². The molecule has 3 aromatic rings. The molecule has 3 rings (SSSR count). The SMILES string of the molecule is CCCN(CCc1ccc(-c2ccccc2)cc1)CCc1ccc(N)c([N+](=O)[O-])c1. The van der Waals surface area contributed by atoms with Gasteiger partial charge in [-0.1, -0.05) is 67.6 Å². The summed E-state index contributed by atoms with van der Waals surface area (Å²) in [7, 11) is 0. The van der Waals surface area contributed by atoms with Gasteiger partial charge < -0.3 is 10.6 Å². The molecular formula is C25H29N3O2. The molecule has 2 N–H and O–H groups in total. The number of hydrogen-bond acceptors (Lipinski definition) is 4. The number of hydrogen-bond donors (Lipinski definition) is 1. The second-order valence-corrected chi connectivity index (χ2v) is 7.55. The smallest absolute Gasteiger partial charge is 0.292 e. The Kier molecular flexibility index (Phi) is 7.57. The van der Waals surface area contributed by atoms with Crippen LogP contribution in [0.25, 0.3) is 11.1 Å². The highest BCUT2D eigenvalue weighted by molar-refractivity contribution is 5.63. The van der Waals surface area contributed by atoms with Crippen molar-refractivity contribution in [1.29, 1.82) is 0 Å². The van der Waals surface area contributed by atoms with Crippen LogP contribution in [0, 0.1) is 10.1 Å². The lowest BCUT2D eigenvalue weighted by Crippen LogP contribution is -2.29. The van der Waals surface area contributed by atoms with Gasteiger partial charge in [0, 0.05) is 19.2 Å². The fraction of sp³-hybridized carbons (Fsp3) is 0.280. The van der Waals surface area contributed by atoms with Crippen LogP contribution in [-0.2, 0) is 12.8 Å². The van der Waals surface area contributed by atoms with Crippen LogP contribution >= 0.6 is 0 Å². The highest BCUT2D eigenvalue weighted by Gasteiger charge is 2.13. The first-order valence-electron chi connectivity index (χ1n) is 10.5. The summed E-state index contributed by atoms with van der Waals surface area (Å²) in [6.07, 6.45) is 2.83. The van der Waals surface area contributed by atoms with Crippen molar-refractivity contribution in [2.24, 2.45) is 0 Å². The third-order valence-corrected chi connectivity index (χ3v) is 5.33. The zero-order valence-corrected chi connectivity index (χ0v) is 17.5. The van der Waals surface area contributed by atoms with Crippen molar-refractivity contribution in [3.63, 3.8) is 0 Å². The van der Waals surface area contributed by atoms with Gasteiger partial charge in [-0.3, -0.25) is 10.1 Å². The molecule has 0 spiro atoms. The van der Waals surface area contributed by atoms with E-state index in [0.29, 0.717) is 0 Å². The van der Waals surface area contributed by atoms with Gasteiger partial charge in [0.1, 0.15) is 5.69 Å².